The molecule has 0 aromatic heterocycles. The van der Waals surface area contributed by atoms with Crippen LogP contribution in [0.1, 0.15) is 45.4 Å². The first kappa shape index (κ1) is 11.5. The van der Waals surface area contributed by atoms with E-state index in [0.29, 0.717) is 5.92 Å². The molecule has 0 aromatic rings. The Morgan fingerprint density at radius 1 is 1.43 bits per heavy atom. The van der Waals surface area contributed by atoms with Crippen LogP contribution in [-0.2, 0) is 4.79 Å². The highest BCUT2D eigenvalue weighted by molar-refractivity contribution is 5.73. The summed E-state index contributed by atoms with van der Waals surface area (Å²) in [5, 5.41) is 12.2. The molecule has 1 saturated carbocycles. The number of aliphatic carboxylic acids is 1. The van der Waals surface area contributed by atoms with Crippen LogP contribution in [-0.4, -0.2) is 23.7 Å². The lowest BCUT2D eigenvalue weighted by atomic mass is 9.84. The Kier molecular flexibility index (Phi) is 4.94. The summed E-state index contributed by atoms with van der Waals surface area (Å²) < 4.78 is 0. The molecule has 0 saturated heterocycles. The first-order valence-electron chi connectivity index (χ1n) is 5.72. The molecule has 0 heterocycles. The predicted octanol–water partition coefficient (Wildman–Crippen LogP) is 2.02. The molecule has 1 atom stereocenters. The van der Waals surface area contributed by atoms with Crippen molar-refractivity contribution in [3.63, 3.8) is 0 Å². The fourth-order valence-electron chi connectivity index (χ4n) is 2.22. The largest absolute Gasteiger partial charge is 0.480 e. The van der Waals surface area contributed by atoms with Crippen LogP contribution < -0.4 is 5.32 Å². The van der Waals surface area contributed by atoms with Gasteiger partial charge in [-0.3, -0.25) is 4.79 Å². The maximum atomic E-state index is 11.0. The van der Waals surface area contributed by atoms with E-state index in [0.717, 1.165) is 25.8 Å². The van der Waals surface area contributed by atoms with Gasteiger partial charge in [0.15, 0.2) is 0 Å². The van der Waals surface area contributed by atoms with Crippen molar-refractivity contribution in [3.05, 3.63) is 0 Å². The topological polar surface area (TPSA) is 49.3 Å². The summed E-state index contributed by atoms with van der Waals surface area (Å²) in [4.78, 5) is 11.0. The lowest BCUT2D eigenvalue weighted by Crippen LogP contribution is -2.43. The van der Waals surface area contributed by atoms with Gasteiger partial charge >= 0.3 is 5.97 Å². The van der Waals surface area contributed by atoms with E-state index in [-0.39, 0.29) is 6.04 Å². The standard InChI is InChI=1S/C11H21NO2/c1-2-8-12-10(11(13)14)9-6-4-3-5-7-9/h9-10,12H,2-8H2,1H3,(H,13,14). The summed E-state index contributed by atoms with van der Waals surface area (Å²) >= 11 is 0. The molecule has 1 unspecified atom stereocenters. The average molecular weight is 199 g/mol. The van der Waals surface area contributed by atoms with Gasteiger partial charge in [-0.15, -0.1) is 0 Å². The third kappa shape index (κ3) is 3.29. The Hall–Kier alpha value is -0.570. The maximum absolute atomic E-state index is 11.0. The van der Waals surface area contributed by atoms with Crippen LogP contribution in [0, 0.1) is 5.92 Å². The molecule has 0 aliphatic heterocycles. The van der Waals surface area contributed by atoms with Crippen LogP contribution >= 0.6 is 0 Å². The SMILES string of the molecule is CCCNC(C(=O)O)C1CCCCC1. The van der Waals surface area contributed by atoms with Gasteiger partial charge in [-0.2, -0.15) is 0 Å². The second kappa shape index (κ2) is 6.02. The minimum atomic E-state index is -0.676. The highest BCUT2D eigenvalue weighted by atomic mass is 16.4. The van der Waals surface area contributed by atoms with Crippen LogP contribution in [0.4, 0.5) is 0 Å². The fourth-order valence-corrected chi connectivity index (χ4v) is 2.22. The van der Waals surface area contributed by atoms with Crippen molar-refractivity contribution >= 4 is 5.97 Å². The van der Waals surface area contributed by atoms with E-state index in [1.54, 1.807) is 0 Å². The molecule has 3 nitrogen and oxygen atoms in total. The summed E-state index contributed by atoms with van der Waals surface area (Å²) in [5.41, 5.74) is 0. The predicted molar refractivity (Wildman–Crippen MR) is 56.3 cm³/mol. The Morgan fingerprint density at radius 2 is 2.07 bits per heavy atom. The van der Waals surface area contributed by atoms with Gasteiger partial charge in [0, 0.05) is 0 Å². The molecule has 0 spiro atoms. The maximum Gasteiger partial charge on any atom is 0.320 e. The third-order valence-electron chi connectivity index (χ3n) is 3.00. The van der Waals surface area contributed by atoms with Crippen LogP contribution in [0.25, 0.3) is 0 Å². The van der Waals surface area contributed by atoms with Crippen molar-refractivity contribution < 1.29 is 9.90 Å². The molecule has 1 aliphatic rings. The van der Waals surface area contributed by atoms with Crippen LogP contribution in [0.3, 0.4) is 0 Å². The number of rotatable bonds is 5. The Bertz CT molecular complexity index is 176. The third-order valence-corrected chi connectivity index (χ3v) is 3.00. The second-order valence-electron chi connectivity index (χ2n) is 4.17. The van der Waals surface area contributed by atoms with Crippen LogP contribution in [0.2, 0.25) is 0 Å². The van der Waals surface area contributed by atoms with Gasteiger partial charge in [-0.25, -0.2) is 0 Å². The zero-order valence-corrected chi connectivity index (χ0v) is 8.96. The van der Waals surface area contributed by atoms with E-state index in [1.165, 1.54) is 19.3 Å². The highest BCUT2D eigenvalue weighted by Crippen LogP contribution is 2.26. The smallest absolute Gasteiger partial charge is 0.320 e. The Labute approximate surface area is 85.9 Å². The van der Waals surface area contributed by atoms with Gasteiger partial charge in [-0.05, 0) is 31.7 Å². The minimum absolute atomic E-state index is 0.310. The van der Waals surface area contributed by atoms with Crippen molar-refractivity contribution in [3.8, 4) is 0 Å². The lowest BCUT2D eigenvalue weighted by Gasteiger charge is -2.28. The molecule has 1 aliphatic carbocycles. The number of nitrogens with one attached hydrogen (secondary N) is 1. The zero-order valence-electron chi connectivity index (χ0n) is 8.96. The summed E-state index contributed by atoms with van der Waals surface area (Å²) in [5.74, 6) is -0.321. The lowest BCUT2D eigenvalue weighted by molar-refractivity contribution is -0.141. The summed E-state index contributed by atoms with van der Waals surface area (Å²) in [6.07, 6.45) is 6.82. The molecular formula is C11H21NO2. The number of carboxylic acid groups (broad SMARTS) is 1. The van der Waals surface area contributed by atoms with E-state index >= 15 is 0 Å². The van der Waals surface area contributed by atoms with Gasteiger partial charge in [0.05, 0.1) is 0 Å². The molecule has 0 aromatic carbocycles. The summed E-state index contributed by atoms with van der Waals surface area (Å²) in [6.45, 7) is 2.88. The molecular weight excluding hydrogens is 178 g/mol. The van der Waals surface area contributed by atoms with E-state index in [4.69, 9.17) is 5.11 Å². The van der Waals surface area contributed by atoms with Crippen molar-refractivity contribution in [2.45, 2.75) is 51.5 Å². The normalized spacial score (nSPS) is 20.6. The molecule has 14 heavy (non-hydrogen) atoms. The molecule has 3 heteroatoms. The Balaban J connectivity index is 2.43. The van der Waals surface area contributed by atoms with Crippen LogP contribution in [0.5, 0.6) is 0 Å². The van der Waals surface area contributed by atoms with E-state index in [2.05, 4.69) is 12.2 Å². The van der Waals surface area contributed by atoms with Crippen molar-refractivity contribution in [2.75, 3.05) is 6.54 Å². The van der Waals surface area contributed by atoms with Gasteiger partial charge in [0.25, 0.3) is 0 Å². The van der Waals surface area contributed by atoms with Gasteiger partial charge < -0.3 is 10.4 Å². The molecule has 2 N–H and O–H groups in total. The van der Waals surface area contributed by atoms with Gasteiger partial charge in [0.2, 0.25) is 0 Å². The van der Waals surface area contributed by atoms with Gasteiger partial charge in [0.1, 0.15) is 6.04 Å². The fraction of sp³-hybridized carbons (Fsp3) is 0.909. The first-order valence-corrected chi connectivity index (χ1v) is 5.72. The first-order chi connectivity index (χ1) is 6.75. The highest BCUT2D eigenvalue weighted by Gasteiger charge is 2.28. The zero-order chi connectivity index (χ0) is 10.4. The molecule has 1 rings (SSSR count). The average Bonchev–Trinajstić information content (AvgIpc) is 2.19. The summed E-state index contributed by atoms with van der Waals surface area (Å²) in [7, 11) is 0. The summed E-state index contributed by atoms with van der Waals surface area (Å²) in [6, 6.07) is -0.310. The quantitative estimate of drug-likeness (QED) is 0.712. The minimum Gasteiger partial charge on any atom is -0.480 e. The van der Waals surface area contributed by atoms with Gasteiger partial charge in [-0.1, -0.05) is 26.2 Å². The number of carboxylic acids is 1. The molecule has 82 valence electrons. The number of hydrogen-bond donors (Lipinski definition) is 2. The van der Waals surface area contributed by atoms with Crippen LogP contribution in [0.15, 0.2) is 0 Å². The van der Waals surface area contributed by atoms with Crippen molar-refractivity contribution in [1.82, 2.24) is 5.32 Å². The van der Waals surface area contributed by atoms with E-state index < -0.39 is 5.97 Å². The second-order valence-corrected chi connectivity index (χ2v) is 4.17. The molecule has 1 fully saturated rings. The van der Waals surface area contributed by atoms with Crippen molar-refractivity contribution in [2.24, 2.45) is 5.92 Å². The van der Waals surface area contributed by atoms with E-state index in [9.17, 15) is 4.79 Å². The Morgan fingerprint density at radius 3 is 2.57 bits per heavy atom. The number of carbonyl (C=O) groups is 1. The molecule has 0 amide bonds. The monoisotopic (exact) mass is 199 g/mol. The van der Waals surface area contributed by atoms with E-state index in [1.807, 2.05) is 0 Å². The molecule has 0 bridgehead atoms. The number of hydrogen-bond acceptors (Lipinski definition) is 2. The molecule has 0 radical (unpaired) electrons. The van der Waals surface area contributed by atoms with Crippen molar-refractivity contribution in [1.29, 1.82) is 0 Å².